The first-order valence-electron chi connectivity index (χ1n) is 9.26. The minimum absolute atomic E-state index is 0.0509. The van der Waals surface area contributed by atoms with Gasteiger partial charge in [-0.25, -0.2) is 4.68 Å². The SMILES string of the molecule is Cc1nn(-c2ccccc2)c(Cl)c1COC(=O)C1CC(=O)N(CC2CC2)C1. The van der Waals surface area contributed by atoms with Crippen LogP contribution in [0, 0.1) is 18.8 Å². The number of esters is 1. The summed E-state index contributed by atoms with van der Waals surface area (Å²) in [4.78, 5) is 26.3. The van der Waals surface area contributed by atoms with E-state index in [1.165, 1.54) is 12.8 Å². The van der Waals surface area contributed by atoms with Crippen LogP contribution < -0.4 is 0 Å². The highest BCUT2D eigenvalue weighted by molar-refractivity contribution is 6.30. The molecule has 0 radical (unpaired) electrons. The summed E-state index contributed by atoms with van der Waals surface area (Å²) in [6, 6.07) is 9.56. The van der Waals surface area contributed by atoms with E-state index in [0.29, 0.717) is 23.2 Å². The Morgan fingerprint density at radius 2 is 2.04 bits per heavy atom. The number of ether oxygens (including phenoxy) is 1. The highest BCUT2D eigenvalue weighted by Crippen LogP contribution is 2.32. The van der Waals surface area contributed by atoms with Crippen LogP contribution in [0.1, 0.15) is 30.5 Å². The van der Waals surface area contributed by atoms with Crippen LogP contribution in [0.3, 0.4) is 0 Å². The average molecular weight is 388 g/mol. The molecule has 2 fully saturated rings. The molecule has 0 bridgehead atoms. The van der Waals surface area contributed by atoms with Crippen LogP contribution in [-0.4, -0.2) is 39.6 Å². The summed E-state index contributed by atoms with van der Waals surface area (Å²) in [6.07, 6.45) is 2.60. The fraction of sp³-hybridized carbons (Fsp3) is 0.450. The van der Waals surface area contributed by atoms with Crippen LogP contribution in [-0.2, 0) is 20.9 Å². The number of carbonyl (C=O) groups is 2. The first-order valence-corrected chi connectivity index (χ1v) is 9.64. The summed E-state index contributed by atoms with van der Waals surface area (Å²) >= 11 is 6.46. The number of carbonyl (C=O) groups excluding carboxylic acids is 2. The van der Waals surface area contributed by atoms with E-state index in [-0.39, 0.29) is 30.8 Å². The molecule has 1 unspecified atom stereocenters. The Kier molecular flexibility index (Phi) is 4.91. The molecule has 1 atom stereocenters. The van der Waals surface area contributed by atoms with Crippen molar-refractivity contribution in [3.05, 3.63) is 46.7 Å². The van der Waals surface area contributed by atoms with E-state index in [2.05, 4.69) is 5.10 Å². The number of nitrogens with zero attached hydrogens (tertiary/aromatic N) is 3. The zero-order valence-corrected chi connectivity index (χ0v) is 16.0. The fourth-order valence-electron chi connectivity index (χ4n) is 3.42. The molecule has 142 valence electrons. The molecule has 2 heterocycles. The maximum atomic E-state index is 12.4. The fourth-order valence-corrected chi connectivity index (χ4v) is 3.74. The van der Waals surface area contributed by atoms with Crippen LogP contribution >= 0.6 is 11.6 Å². The molecule has 2 aromatic rings. The number of aryl methyl sites for hydroxylation is 1. The molecule has 1 amide bonds. The lowest BCUT2D eigenvalue weighted by molar-refractivity contribution is -0.149. The summed E-state index contributed by atoms with van der Waals surface area (Å²) in [5.41, 5.74) is 2.25. The van der Waals surface area contributed by atoms with Crippen LogP contribution in [0.15, 0.2) is 30.3 Å². The Hall–Kier alpha value is -2.34. The number of aromatic nitrogens is 2. The number of hydrogen-bond acceptors (Lipinski definition) is 4. The second kappa shape index (κ2) is 7.35. The molecule has 7 heteroatoms. The summed E-state index contributed by atoms with van der Waals surface area (Å²) in [6.45, 7) is 3.14. The Balaban J connectivity index is 1.39. The van der Waals surface area contributed by atoms with Gasteiger partial charge in [0.25, 0.3) is 0 Å². The maximum absolute atomic E-state index is 12.4. The van der Waals surface area contributed by atoms with Gasteiger partial charge in [-0.3, -0.25) is 9.59 Å². The van der Waals surface area contributed by atoms with Gasteiger partial charge in [0, 0.05) is 25.1 Å². The molecule has 2 aliphatic rings. The Bertz CT molecular complexity index is 861. The zero-order valence-electron chi connectivity index (χ0n) is 15.2. The van der Waals surface area contributed by atoms with Crippen LogP contribution in [0.4, 0.5) is 0 Å². The number of hydrogen-bond donors (Lipinski definition) is 0. The third-order valence-corrected chi connectivity index (χ3v) is 5.59. The monoisotopic (exact) mass is 387 g/mol. The van der Waals surface area contributed by atoms with Gasteiger partial charge in [0.2, 0.25) is 5.91 Å². The van der Waals surface area contributed by atoms with Gasteiger partial charge in [0.15, 0.2) is 0 Å². The van der Waals surface area contributed by atoms with E-state index >= 15 is 0 Å². The molecule has 1 saturated heterocycles. The van der Waals surface area contributed by atoms with Crippen molar-refractivity contribution < 1.29 is 14.3 Å². The smallest absolute Gasteiger partial charge is 0.311 e. The van der Waals surface area contributed by atoms with Gasteiger partial charge in [0.05, 0.1) is 17.3 Å². The normalized spacial score (nSPS) is 19.6. The van der Waals surface area contributed by atoms with E-state index < -0.39 is 0 Å². The zero-order chi connectivity index (χ0) is 19.0. The molecule has 1 aliphatic carbocycles. The van der Waals surface area contributed by atoms with Crippen LogP contribution in [0.25, 0.3) is 5.69 Å². The number of para-hydroxylation sites is 1. The number of benzene rings is 1. The van der Waals surface area contributed by atoms with Crippen molar-refractivity contribution in [1.82, 2.24) is 14.7 Å². The molecule has 0 spiro atoms. The van der Waals surface area contributed by atoms with Gasteiger partial charge in [-0.2, -0.15) is 5.10 Å². The third-order valence-electron chi connectivity index (χ3n) is 5.20. The minimum atomic E-state index is -0.389. The van der Waals surface area contributed by atoms with E-state index in [1.807, 2.05) is 37.3 Å². The van der Waals surface area contributed by atoms with Crippen molar-refractivity contribution in [1.29, 1.82) is 0 Å². The van der Waals surface area contributed by atoms with Gasteiger partial charge in [0.1, 0.15) is 11.8 Å². The molecule has 1 aliphatic heterocycles. The number of rotatable bonds is 6. The van der Waals surface area contributed by atoms with E-state index in [1.54, 1.807) is 9.58 Å². The van der Waals surface area contributed by atoms with Crippen LogP contribution in [0.5, 0.6) is 0 Å². The Labute approximate surface area is 163 Å². The molecule has 6 nitrogen and oxygen atoms in total. The molecular weight excluding hydrogens is 366 g/mol. The van der Waals surface area contributed by atoms with Crippen LogP contribution in [0.2, 0.25) is 5.15 Å². The summed E-state index contributed by atoms with van der Waals surface area (Å²) < 4.78 is 7.12. The second-order valence-electron chi connectivity index (χ2n) is 7.35. The van der Waals surface area contributed by atoms with E-state index in [0.717, 1.165) is 17.9 Å². The van der Waals surface area contributed by atoms with Gasteiger partial charge in [-0.1, -0.05) is 29.8 Å². The maximum Gasteiger partial charge on any atom is 0.311 e. The van der Waals surface area contributed by atoms with Gasteiger partial charge in [-0.15, -0.1) is 0 Å². The van der Waals surface area contributed by atoms with Crippen molar-refractivity contribution in [2.45, 2.75) is 32.8 Å². The predicted molar refractivity (Wildman–Crippen MR) is 101 cm³/mol. The predicted octanol–water partition coefficient (Wildman–Crippen LogP) is 3.14. The average Bonchev–Trinajstić information content (AvgIpc) is 3.34. The lowest BCUT2D eigenvalue weighted by atomic mass is 10.1. The molecule has 1 aromatic heterocycles. The van der Waals surface area contributed by atoms with E-state index in [4.69, 9.17) is 16.3 Å². The topological polar surface area (TPSA) is 64.4 Å². The number of halogens is 1. The standard InChI is InChI=1S/C20H22ClN3O3/c1-13-17(19(21)24(22-13)16-5-3-2-4-6-16)12-27-20(26)15-9-18(25)23(11-15)10-14-7-8-14/h2-6,14-15H,7-12H2,1H3. The molecule has 27 heavy (non-hydrogen) atoms. The van der Waals surface area contributed by atoms with E-state index in [9.17, 15) is 9.59 Å². The minimum Gasteiger partial charge on any atom is -0.460 e. The van der Waals surface area contributed by atoms with Gasteiger partial charge < -0.3 is 9.64 Å². The lowest BCUT2D eigenvalue weighted by Crippen LogP contribution is -2.28. The summed E-state index contributed by atoms with van der Waals surface area (Å²) in [5.74, 6) is -0.0620. The Morgan fingerprint density at radius 1 is 1.30 bits per heavy atom. The summed E-state index contributed by atoms with van der Waals surface area (Å²) in [7, 11) is 0. The third kappa shape index (κ3) is 3.86. The molecule has 4 rings (SSSR count). The molecular formula is C20H22ClN3O3. The number of amides is 1. The van der Waals surface area contributed by atoms with Crippen molar-refractivity contribution in [3.63, 3.8) is 0 Å². The number of likely N-dealkylation sites (tertiary alicyclic amines) is 1. The molecule has 1 aromatic carbocycles. The second-order valence-corrected chi connectivity index (χ2v) is 7.71. The Morgan fingerprint density at radius 3 is 2.74 bits per heavy atom. The van der Waals surface area contributed by atoms with Crippen molar-refractivity contribution in [2.75, 3.05) is 13.1 Å². The lowest BCUT2D eigenvalue weighted by Gasteiger charge is -2.15. The molecule has 1 saturated carbocycles. The van der Waals surface area contributed by atoms with Crippen molar-refractivity contribution in [2.24, 2.45) is 11.8 Å². The largest absolute Gasteiger partial charge is 0.460 e. The van der Waals surface area contributed by atoms with Gasteiger partial charge >= 0.3 is 5.97 Å². The highest BCUT2D eigenvalue weighted by Gasteiger charge is 2.38. The van der Waals surface area contributed by atoms with Crippen molar-refractivity contribution in [3.8, 4) is 5.69 Å². The highest BCUT2D eigenvalue weighted by atomic mass is 35.5. The first kappa shape index (κ1) is 18.0. The first-order chi connectivity index (χ1) is 13.0. The quantitative estimate of drug-likeness (QED) is 0.714. The van der Waals surface area contributed by atoms with Gasteiger partial charge in [-0.05, 0) is 37.8 Å². The van der Waals surface area contributed by atoms with Crippen molar-refractivity contribution >= 4 is 23.5 Å². The summed E-state index contributed by atoms with van der Waals surface area (Å²) in [5, 5.41) is 4.89. The molecule has 0 N–H and O–H groups in total.